The van der Waals surface area contributed by atoms with Gasteiger partial charge in [0.2, 0.25) is 0 Å². The average Bonchev–Trinajstić information content (AvgIpc) is 1.91. The summed E-state index contributed by atoms with van der Waals surface area (Å²) in [7, 11) is 0. The maximum absolute atomic E-state index is 11.4. The number of amides is 1. The van der Waals surface area contributed by atoms with Crippen LogP contribution in [0.3, 0.4) is 0 Å². The van der Waals surface area contributed by atoms with Crippen LogP contribution in [0.25, 0.3) is 0 Å². The summed E-state index contributed by atoms with van der Waals surface area (Å²) < 4.78 is 5.17. The predicted molar refractivity (Wildman–Crippen MR) is 51.1 cm³/mol. The molecule has 0 unspecified atom stereocenters. The number of rotatable bonds is 2. The molecule has 82 valence electrons. The molecule has 0 aliphatic carbocycles. The molecule has 1 fully saturated rings. The van der Waals surface area contributed by atoms with E-state index in [0.29, 0.717) is 25.6 Å². The molecule has 1 aliphatic heterocycles. The van der Waals surface area contributed by atoms with Crippen molar-refractivity contribution in [1.29, 1.82) is 0 Å². The minimum absolute atomic E-state index is 0.272. The number of hydrogen-bond donors (Lipinski definition) is 2. The van der Waals surface area contributed by atoms with E-state index in [9.17, 15) is 4.79 Å². The van der Waals surface area contributed by atoms with E-state index in [1.54, 1.807) is 4.90 Å². The number of carbonyl (C=O) groups is 1. The highest BCUT2D eigenvalue weighted by Gasteiger charge is 2.33. The fourth-order valence-electron chi connectivity index (χ4n) is 1.30. The Morgan fingerprint density at radius 2 is 2.14 bits per heavy atom. The lowest BCUT2D eigenvalue weighted by Crippen LogP contribution is -2.54. The van der Waals surface area contributed by atoms with E-state index in [0.717, 1.165) is 0 Å². The molecule has 0 aromatic heterocycles. The van der Waals surface area contributed by atoms with E-state index in [2.05, 4.69) is 5.48 Å². The number of hydrogen-bond acceptors (Lipinski definition) is 4. The molecule has 0 radical (unpaired) electrons. The van der Waals surface area contributed by atoms with Gasteiger partial charge in [0.25, 0.3) is 0 Å². The Bertz CT molecular complexity index is 207. The summed E-state index contributed by atoms with van der Waals surface area (Å²) >= 11 is 0. The van der Waals surface area contributed by atoms with Gasteiger partial charge in [0.1, 0.15) is 5.60 Å². The van der Waals surface area contributed by atoms with E-state index in [-0.39, 0.29) is 6.09 Å². The van der Waals surface area contributed by atoms with Crippen LogP contribution < -0.4 is 5.48 Å². The smallest absolute Gasteiger partial charge is 0.410 e. The molecule has 5 nitrogen and oxygen atoms in total. The van der Waals surface area contributed by atoms with Crippen LogP contribution in [0, 0.1) is 5.92 Å². The molecule has 0 spiro atoms. The lowest BCUT2D eigenvalue weighted by molar-refractivity contribution is -0.00641. The van der Waals surface area contributed by atoms with E-state index >= 15 is 0 Å². The number of carbonyl (C=O) groups excluding carboxylic acids is 1. The molecule has 1 aliphatic rings. The third-order valence-electron chi connectivity index (χ3n) is 1.99. The Kier molecular flexibility index (Phi) is 3.34. The highest BCUT2D eigenvalue weighted by Crippen LogP contribution is 2.18. The predicted octanol–water partition coefficient (Wildman–Crippen LogP) is 0.832. The van der Waals surface area contributed by atoms with Gasteiger partial charge in [-0.05, 0) is 20.8 Å². The van der Waals surface area contributed by atoms with Crippen molar-refractivity contribution in [3.63, 3.8) is 0 Å². The zero-order valence-electron chi connectivity index (χ0n) is 8.91. The van der Waals surface area contributed by atoms with E-state index in [4.69, 9.17) is 9.94 Å². The van der Waals surface area contributed by atoms with Crippen LogP contribution >= 0.6 is 0 Å². The van der Waals surface area contributed by atoms with Crippen molar-refractivity contribution in [1.82, 2.24) is 10.4 Å². The standard InChI is InChI=1S/C9H18N2O3/c1-9(2,3)14-8(12)11-5-7(6-11)4-10-13/h7,10,13H,4-6H2,1-3H3. The first kappa shape index (κ1) is 11.3. The van der Waals surface area contributed by atoms with Crippen LogP contribution in [0.4, 0.5) is 4.79 Å². The third kappa shape index (κ3) is 3.16. The average molecular weight is 202 g/mol. The minimum Gasteiger partial charge on any atom is -0.444 e. The number of nitrogens with one attached hydrogen (secondary N) is 1. The summed E-state index contributed by atoms with van der Waals surface area (Å²) in [5.41, 5.74) is 1.67. The van der Waals surface area contributed by atoms with Crippen LogP contribution in [-0.2, 0) is 4.74 Å². The van der Waals surface area contributed by atoms with Crippen molar-refractivity contribution >= 4 is 6.09 Å². The Balaban J connectivity index is 2.23. The molecule has 0 bridgehead atoms. The number of likely N-dealkylation sites (tertiary alicyclic amines) is 1. The van der Waals surface area contributed by atoms with Crippen LogP contribution in [-0.4, -0.2) is 41.4 Å². The van der Waals surface area contributed by atoms with E-state index in [1.165, 1.54) is 0 Å². The Labute approximate surface area is 84.0 Å². The Morgan fingerprint density at radius 3 is 2.57 bits per heavy atom. The van der Waals surface area contributed by atoms with E-state index < -0.39 is 5.60 Å². The molecule has 1 heterocycles. The molecule has 0 aromatic rings. The summed E-state index contributed by atoms with van der Waals surface area (Å²) in [5.74, 6) is 0.340. The number of ether oxygens (including phenoxy) is 1. The van der Waals surface area contributed by atoms with Gasteiger partial charge in [-0.3, -0.25) is 0 Å². The quantitative estimate of drug-likeness (QED) is 0.651. The van der Waals surface area contributed by atoms with Gasteiger partial charge in [-0.15, -0.1) is 0 Å². The van der Waals surface area contributed by atoms with Gasteiger partial charge in [-0.2, -0.15) is 0 Å². The van der Waals surface area contributed by atoms with Crippen molar-refractivity contribution in [2.24, 2.45) is 5.92 Å². The topological polar surface area (TPSA) is 61.8 Å². The molecule has 1 amide bonds. The Morgan fingerprint density at radius 1 is 1.57 bits per heavy atom. The molecular formula is C9H18N2O3. The maximum Gasteiger partial charge on any atom is 0.410 e. The highest BCUT2D eigenvalue weighted by molar-refractivity contribution is 5.69. The second kappa shape index (κ2) is 4.14. The molecule has 0 saturated carbocycles. The van der Waals surface area contributed by atoms with Gasteiger partial charge in [-0.25, -0.2) is 10.3 Å². The molecular weight excluding hydrogens is 184 g/mol. The van der Waals surface area contributed by atoms with Gasteiger partial charge >= 0.3 is 6.09 Å². The van der Waals surface area contributed by atoms with Crippen molar-refractivity contribution in [3.8, 4) is 0 Å². The Hall–Kier alpha value is -0.810. The van der Waals surface area contributed by atoms with Crippen molar-refractivity contribution in [2.75, 3.05) is 19.6 Å². The van der Waals surface area contributed by atoms with Gasteiger partial charge in [0.05, 0.1) is 0 Å². The lowest BCUT2D eigenvalue weighted by Gasteiger charge is -2.39. The minimum atomic E-state index is -0.433. The van der Waals surface area contributed by atoms with Crippen LogP contribution in [0.1, 0.15) is 20.8 Å². The first-order valence-corrected chi connectivity index (χ1v) is 4.77. The normalized spacial score (nSPS) is 17.9. The molecule has 1 rings (SSSR count). The first-order chi connectivity index (χ1) is 6.42. The fraction of sp³-hybridized carbons (Fsp3) is 0.889. The van der Waals surface area contributed by atoms with Gasteiger partial charge < -0.3 is 14.8 Å². The lowest BCUT2D eigenvalue weighted by atomic mass is 10.0. The monoisotopic (exact) mass is 202 g/mol. The molecule has 1 saturated heterocycles. The second-order valence-electron chi connectivity index (χ2n) is 4.61. The molecule has 0 aromatic carbocycles. The van der Waals surface area contributed by atoms with Crippen LogP contribution in [0.15, 0.2) is 0 Å². The van der Waals surface area contributed by atoms with Gasteiger partial charge in [0.15, 0.2) is 0 Å². The number of nitrogens with zero attached hydrogens (tertiary/aromatic N) is 1. The van der Waals surface area contributed by atoms with Gasteiger partial charge in [0, 0.05) is 25.6 Å². The molecule has 5 heteroatoms. The summed E-state index contributed by atoms with van der Waals surface area (Å²) in [5, 5.41) is 8.43. The summed E-state index contributed by atoms with van der Waals surface area (Å²) in [4.78, 5) is 13.0. The second-order valence-corrected chi connectivity index (χ2v) is 4.61. The van der Waals surface area contributed by atoms with Crippen molar-refractivity contribution in [3.05, 3.63) is 0 Å². The summed E-state index contributed by atoms with van der Waals surface area (Å²) in [6.45, 7) is 7.37. The largest absolute Gasteiger partial charge is 0.444 e. The van der Waals surface area contributed by atoms with Crippen molar-refractivity contribution < 1.29 is 14.7 Å². The zero-order valence-corrected chi connectivity index (χ0v) is 8.91. The SMILES string of the molecule is CC(C)(C)OC(=O)N1CC(CNO)C1. The maximum atomic E-state index is 11.4. The van der Waals surface area contributed by atoms with Crippen LogP contribution in [0.2, 0.25) is 0 Å². The van der Waals surface area contributed by atoms with Crippen LogP contribution in [0.5, 0.6) is 0 Å². The third-order valence-corrected chi connectivity index (χ3v) is 1.99. The molecule has 2 N–H and O–H groups in total. The fourth-order valence-corrected chi connectivity index (χ4v) is 1.30. The molecule has 0 atom stereocenters. The first-order valence-electron chi connectivity index (χ1n) is 4.77. The van der Waals surface area contributed by atoms with Gasteiger partial charge in [-0.1, -0.05) is 0 Å². The van der Waals surface area contributed by atoms with E-state index in [1.807, 2.05) is 20.8 Å². The zero-order chi connectivity index (χ0) is 10.8. The number of hydroxylamine groups is 1. The van der Waals surface area contributed by atoms with Crippen molar-refractivity contribution in [2.45, 2.75) is 26.4 Å². The summed E-state index contributed by atoms with van der Waals surface area (Å²) in [6, 6.07) is 0. The highest BCUT2D eigenvalue weighted by atomic mass is 16.6. The summed E-state index contributed by atoms with van der Waals surface area (Å²) in [6.07, 6.45) is -0.272. The molecule has 14 heavy (non-hydrogen) atoms.